The monoisotopic (exact) mass is 403 g/mol. The van der Waals surface area contributed by atoms with E-state index in [4.69, 9.17) is 0 Å². The number of sulfone groups is 1. The third-order valence-electron chi connectivity index (χ3n) is 4.22. The Kier molecular flexibility index (Phi) is 8.02. The van der Waals surface area contributed by atoms with Crippen molar-refractivity contribution in [1.29, 1.82) is 0 Å². The molecule has 0 saturated heterocycles. The fraction of sp³-hybridized carbons (Fsp3) is 0.381. The zero-order chi connectivity index (χ0) is 20.6. The number of benzene rings is 2. The summed E-state index contributed by atoms with van der Waals surface area (Å²) in [6.07, 6.45) is 1.25. The van der Waals surface area contributed by atoms with E-state index < -0.39 is 15.9 Å². The summed E-state index contributed by atoms with van der Waals surface area (Å²) < 4.78 is 23.5. The smallest absolute Gasteiger partial charge is 0.191 e. The van der Waals surface area contributed by atoms with E-state index >= 15 is 0 Å². The van der Waals surface area contributed by atoms with Crippen LogP contribution in [-0.4, -0.2) is 44.9 Å². The highest BCUT2D eigenvalue weighted by atomic mass is 32.2. The zero-order valence-electron chi connectivity index (χ0n) is 16.6. The second-order valence-corrected chi connectivity index (χ2v) is 8.78. The highest BCUT2D eigenvalue weighted by molar-refractivity contribution is 7.90. The van der Waals surface area contributed by atoms with Gasteiger partial charge < -0.3 is 15.7 Å². The number of guanidine groups is 1. The molecule has 0 saturated carbocycles. The average Bonchev–Trinajstić information content (AvgIpc) is 2.64. The second kappa shape index (κ2) is 10.2. The minimum absolute atomic E-state index is 0.342. The molecule has 0 spiro atoms. The number of hydrogen-bond acceptors (Lipinski definition) is 4. The Morgan fingerprint density at radius 2 is 1.82 bits per heavy atom. The van der Waals surface area contributed by atoms with Crippen molar-refractivity contribution in [1.82, 2.24) is 10.6 Å². The van der Waals surface area contributed by atoms with E-state index in [-0.39, 0.29) is 0 Å². The first-order valence-electron chi connectivity index (χ1n) is 9.33. The maximum atomic E-state index is 11.7. The largest absolute Gasteiger partial charge is 0.391 e. The summed E-state index contributed by atoms with van der Waals surface area (Å²) in [7, 11) is -3.22. The molecule has 0 aromatic heterocycles. The topological polar surface area (TPSA) is 90.8 Å². The number of aryl methyl sites for hydroxylation is 1. The van der Waals surface area contributed by atoms with Crippen LogP contribution in [0.4, 0.5) is 0 Å². The highest BCUT2D eigenvalue weighted by Gasteiger charge is 2.11. The van der Waals surface area contributed by atoms with Gasteiger partial charge in [-0.3, -0.25) is 0 Å². The first kappa shape index (κ1) is 21.9. The van der Waals surface area contributed by atoms with E-state index in [1.165, 1.54) is 6.26 Å². The Morgan fingerprint density at radius 1 is 1.11 bits per heavy atom. The van der Waals surface area contributed by atoms with Crippen molar-refractivity contribution >= 4 is 15.8 Å². The van der Waals surface area contributed by atoms with Gasteiger partial charge in [0.05, 0.1) is 17.5 Å². The molecule has 0 fully saturated rings. The molecular formula is C21H29N3O3S. The molecule has 0 radical (unpaired) electrons. The maximum Gasteiger partial charge on any atom is 0.191 e. The first-order valence-corrected chi connectivity index (χ1v) is 11.2. The van der Waals surface area contributed by atoms with Crippen molar-refractivity contribution in [2.45, 2.75) is 37.8 Å². The minimum Gasteiger partial charge on any atom is -0.391 e. The molecule has 152 valence electrons. The summed E-state index contributed by atoms with van der Waals surface area (Å²) >= 11 is 0. The number of nitrogens with one attached hydrogen (secondary N) is 2. The summed E-state index contributed by atoms with van der Waals surface area (Å²) in [5.41, 5.74) is 2.72. The molecule has 0 amide bonds. The quantitative estimate of drug-likeness (QED) is 0.464. The van der Waals surface area contributed by atoms with Crippen molar-refractivity contribution in [3.05, 3.63) is 65.2 Å². The Balaban J connectivity index is 1.97. The van der Waals surface area contributed by atoms with E-state index in [9.17, 15) is 13.5 Å². The molecule has 3 N–H and O–H groups in total. The number of aliphatic hydroxyl groups excluding tert-OH is 1. The molecule has 0 aliphatic rings. The normalized spacial score (nSPS) is 13.2. The Bertz CT molecular complexity index is 896. The van der Waals surface area contributed by atoms with Crippen LogP contribution in [0, 0.1) is 6.92 Å². The lowest BCUT2D eigenvalue weighted by Gasteiger charge is -2.15. The summed E-state index contributed by atoms with van der Waals surface area (Å²) in [6.45, 7) is 5.25. The van der Waals surface area contributed by atoms with Crippen LogP contribution < -0.4 is 10.6 Å². The van der Waals surface area contributed by atoms with Crippen molar-refractivity contribution in [2.24, 2.45) is 4.99 Å². The van der Waals surface area contributed by atoms with E-state index in [2.05, 4.69) is 15.6 Å². The molecule has 6 nitrogen and oxygen atoms in total. The van der Waals surface area contributed by atoms with Crippen LogP contribution in [-0.2, 0) is 22.8 Å². The number of aliphatic hydroxyl groups is 1. The van der Waals surface area contributed by atoms with Crippen LogP contribution in [0.2, 0.25) is 0 Å². The molecule has 28 heavy (non-hydrogen) atoms. The lowest BCUT2D eigenvalue weighted by molar-refractivity contribution is 0.177. The van der Waals surface area contributed by atoms with Gasteiger partial charge >= 0.3 is 0 Å². The Morgan fingerprint density at radius 3 is 2.43 bits per heavy atom. The van der Waals surface area contributed by atoms with Gasteiger partial charge in [0, 0.05) is 25.8 Å². The van der Waals surface area contributed by atoms with Crippen molar-refractivity contribution in [3.63, 3.8) is 0 Å². The molecule has 0 heterocycles. The van der Waals surface area contributed by atoms with Gasteiger partial charge in [-0.2, -0.15) is 0 Å². The fourth-order valence-electron chi connectivity index (χ4n) is 2.91. The highest BCUT2D eigenvalue weighted by Crippen LogP contribution is 2.17. The van der Waals surface area contributed by atoms with Crippen LogP contribution in [0.5, 0.6) is 0 Å². The van der Waals surface area contributed by atoms with Gasteiger partial charge in [0.2, 0.25) is 0 Å². The van der Waals surface area contributed by atoms with E-state index in [0.717, 1.165) is 11.1 Å². The SMILES string of the molecule is CCNC(=NCc1ccc(S(C)(=O)=O)c(C)c1)NCC(O)Cc1ccccc1. The molecule has 0 aliphatic carbocycles. The van der Waals surface area contributed by atoms with Crippen LogP contribution in [0.1, 0.15) is 23.6 Å². The number of aliphatic imine (C=N–C) groups is 1. The van der Waals surface area contributed by atoms with Gasteiger partial charge in [-0.1, -0.05) is 42.5 Å². The maximum absolute atomic E-state index is 11.7. The summed E-state index contributed by atoms with van der Waals surface area (Å²) in [5.74, 6) is 0.611. The second-order valence-electron chi connectivity index (χ2n) is 6.79. The third kappa shape index (κ3) is 6.98. The van der Waals surface area contributed by atoms with Crippen molar-refractivity contribution in [2.75, 3.05) is 19.3 Å². The predicted molar refractivity (Wildman–Crippen MR) is 113 cm³/mol. The molecule has 0 bridgehead atoms. The minimum atomic E-state index is -3.22. The third-order valence-corrected chi connectivity index (χ3v) is 5.48. The van der Waals surface area contributed by atoms with Crippen molar-refractivity contribution in [3.8, 4) is 0 Å². The van der Waals surface area contributed by atoms with Crippen LogP contribution in [0.3, 0.4) is 0 Å². The van der Waals surface area contributed by atoms with Gasteiger partial charge in [0.1, 0.15) is 0 Å². The lowest BCUT2D eigenvalue weighted by Crippen LogP contribution is -2.41. The Labute approximate surface area is 167 Å². The first-order chi connectivity index (χ1) is 13.3. The lowest BCUT2D eigenvalue weighted by atomic mass is 10.1. The number of nitrogens with zero attached hydrogens (tertiary/aromatic N) is 1. The van der Waals surface area contributed by atoms with Crippen LogP contribution in [0.15, 0.2) is 58.4 Å². The Hall–Kier alpha value is -2.38. The fourth-order valence-corrected chi connectivity index (χ4v) is 3.87. The number of hydrogen-bond donors (Lipinski definition) is 3. The van der Waals surface area contributed by atoms with Crippen LogP contribution >= 0.6 is 0 Å². The summed E-state index contributed by atoms with van der Waals surface area (Å²) in [6, 6.07) is 15.1. The summed E-state index contributed by atoms with van der Waals surface area (Å²) in [5, 5.41) is 16.6. The van der Waals surface area contributed by atoms with Gasteiger partial charge in [0.15, 0.2) is 15.8 Å². The van der Waals surface area contributed by atoms with Gasteiger partial charge in [-0.05, 0) is 36.6 Å². The average molecular weight is 404 g/mol. The molecule has 1 unspecified atom stereocenters. The van der Waals surface area contributed by atoms with Gasteiger partial charge in [-0.15, -0.1) is 0 Å². The summed E-state index contributed by atoms with van der Waals surface area (Å²) in [4.78, 5) is 4.87. The van der Waals surface area contributed by atoms with Crippen LogP contribution in [0.25, 0.3) is 0 Å². The number of rotatable bonds is 8. The molecule has 1 atom stereocenters. The molecule has 2 rings (SSSR count). The van der Waals surface area contributed by atoms with E-state index in [0.29, 0.717) is 42.5 Å². The molecular weight excluding hydrogens is 374 g/mol. The zero-order valence-corrected chi connectivity index (χ0v) is 17.5. The van der Waals surface area contributed by atoms with Gasteiger partial charge in [0.25, 0.3) is 0 Å². The molecule has 2 aromatic carbocycles. The molecule has 2 aromatic rings. The molecule has 7 heteroatoms. The molecule has 0 aliphatic heterocycles. The van der Waals surface area contributed by atoms with Crippen molar-refractivity contribution < 1.29 is 13.5 Å². The van der Waals surface area contributed by atoms with E-state index in [1.807, 2.05) is 43.3 Å². The van der Waals surface area contributed by atoms with E-state index in [1.54, 1.807) is 19.1 Å². The standard InChI is InChI=1S/C21H29N3O3S/c1-4-22-21(24-15-19(25)13-17-8-6-5-7-9-17)23-14-18-10-11-20(16(2)12-18)28(3,26)27/h5-12,19,25H,4,13-15H2,1-3H3,(H2,22,23,24). The predicted octanol–water partition coefficient (Wildman–Crippen LogP) is 2.06. The van der Waals surface area contributed by atoms with Gasteiger partial charge in [-0.25, -0.2) is 13.4 Å².